The van der Waals surface area contributed by atoms with Crippen LogP contribution < -0.4 is 0 Å². The van der Waals surface area contributed by atoms with E-state index in [1.807, 2.05) is 6.07 Å². The van der Waals surface area contributed by atoms with Gasteiger partial charge >= 0.3 is 0 Å². The molecule has 0 aromatic heterocycles. The van der Waals surface area contributed by atoms with Crippen molar-refractivity contribution in [1.29, 1.82) is 0 Å². The summed E-state index contributed by atoms with van der Waals surface area (Å²) in [4.78, 5) is 7.55. The topological polar surface area (TPSA) is 15.6 Å². The van der Waals surface area contributed by atoms with Gasteiger partial charge in [-0.2, -0.15) is 0 Å². The zero-order valence-electron chi connectivity index (χ0n) is 16.7. The third kappa shape index (κ3) is 3.16. The van der Waals surface area contributed by atoms with Gasteiger partial charge in [-0.3, -0.25) is 0 Å². The Balaban J connectivity index is 1.59. The van der Waals surface area contributed by atoms with Gasteiger partial charge in [0.15, 0.2) is 0 Å². The number of hydrogen-bond donors (Lipinski definition) is 0. The van der Waals surface area contributed by atoms with Crippen molar-refractivity contribution in [2.24, 2.45) is 4.99 Å². The highest BCUT2D eigenvalue weighted by Crippen LogP contribution is 2.44. The van der Waals surface area contributed by atoms with Crippen LogP contribution in [0.5, 0.6) is 0 Å². The van der Waals surface area contributed by atoms with E-state index in [0.717, 1.165) is 43.1 Å². The van der Waals surface area contributed by atoms with E-state index >= 15 is 0 Å². The quantitative estimate of drug-likeness (QED) is 0.488. The molecule has 5 rings (SSSR count). The van der Waals surface area contributed by atoms with Crippen LogP contribution in [0.3, 0.4) is 0 Å². The number of piperidine rings is 1. The fourth-order valence-corrected chi connectivity index (χ4v) is 5.25. The third-order valence-electron chi connectivity index (χ3n) is 6.52. The maximum Gasteiger partial charge on any atom is 0.105 e. The molecule has 0 radical (unpaired) electrons. The third-order valence-corrected chi connectivity index (χ3v) is 6.74. The molecule has 2 nitrogen and oxygen atoms in total. The van der Waals surface area contributed by atoms with E-state index < -0.39 is 0 Å². The first-order valence-corrected chi connectivity index (χ1v) is 10.8. The lowest BCUT2D eigenvalue weighted by molar-refractivity contribution is 0.271. The number of halogens is 1. The molecule has 0 N–H and O–H groups in total. The van der Waals surface area contributed by atoms with Crippen molar-refractivity contribution in [3.8, 4) is 0 Å². The number of amidine groups is 1. The Bertz CT molecular complexity index is 1020. The molecule has 1 saturated heterocycles. The number of fused-ring (bicyclic) bond motifs is 2. The average molecular weight is 401 g/mol. The Morgan fingerprint density at radius 2 is 1.62 bits per heavy atom. The lowest BCUT2D eigenvalue weighted by Crippen LogP contribution is -2.50. The summed E-state index contributed by atoms with van der Waals surface area (Å²) in [7, 11) is 0. The lowest BCUT2D eigenvalue weighted by atomic mass is 9.68. The number of hydrogen-bond acceptors (Lipinski definition) is 2. The van der Waals surface area contributed by atoms with Crippen molar-refractivity contribution in [1.82, 2.24) is 4.90 Å². The summed E-state index contributed by atoms with van der Waals surface area (Å²) in [5.41, 5.74) is 6.47. The minimum Gasteiger partial charge on any atom is -0.354 e. The van der Waals surface area contributed by atoms with Gasteiger partial charge in [-0.05, 0) is 41.7 Å². The van der Waals surface area contributed by atoms with Crippen molar-refractivity contribution in [3.05, 3.63) is 100 Å². The summed E-state index contributed by atoms with van der Waals surface area (Å²) >= 11 is 6.36. The Hall–Kier alpha value is -2.58. The fourth-order valence-electron chi connectivity index (χ4n) is 5.01. The molecule has 0 atom stereocenters. The molecule has 0 spiro atoms. The molecule has 1 fully saturated rings. The van der Waals surface area contributed by atoms with Gasteiger partial charge in [-0.1, -0.05) is 79.2 Å². The highest BCUT2D eigenvalue weighted by molar-refractivity contribution is 6.31. The summed E-state index contributed by atoms with van der Waals surface area (Å²) in [5.74, 6) is 1.20. The molecule has 29 heavy (non-hydrogen) atoms. The first kappa shape index (κ1) is 18.4. The molecule has 3 aromatic carbocycles. The van der Waals surface area contributed by atoms with E-state index in [0.29, 0.717) is 0 Å². The molecule has 3 heteroatoms. The zero-order valence-corrected chi connectivity index (χ0v) is 17.5. The minimum atomic E-state index is -0.0160. The second-order valence-corrected chi connectivity index (χ2v) is 8.55. The van der Waals surface area contributed by atoms with Crippen molar-refractivity contribution in [2.75, 3.05) is 6.54 Å². The van der Waals surface area contributed by atoms with Gasteiger partial charge in [0.25, 0.3) is 0 Å². The van der Waals surface area contributed by atoms with Crippen molar-refractivity contribution >= 4 is 23.1 Å². The summed E-state index contributed by atoms with van der Waals surface area (Å²) < 4.78 is 0. The second kappa shape index (κ2) is 7.35. The van der Waals surface area contributed by atoms with Crippen LogP contribution in [0.25, 0.3) is 0 Å². The molecule has 0 saturated carbocycles. The average Bonchev–Trinajstić information content (AvgIpc) is 2.78. The van der Waals surface area contributed by atoms with Crippen LogP contribution in [-0.4, -0.2) is 17.3 Å². The van der Waals surface area contributed by atoms with Gasteiger partial charge in [-0.25, -0.2) is 4.99 Å². The van der Waals surface area contributed by atoms with Crippen LogP contribution in [0.4, 0.5) is 5.69 Å². The smallest absolute Gasteiger partial charge is 0.105 e. The first-order chi connectivity index (χ1) is 14.2. The van der Waals surface area contributed by atoms with Crippen LogP contribution in [0.2, 0.25) is 5.02 Å². The largest absolute Gasteiger partial charge is 0.354 e. The van der Waals surface area contributed by atoms with E-state index in [9.17, 15) is 0 Å². The van der Waals surface area contributed by atoms with Gasteiger partial charge in [0.1, 0.15) is 5.84 Å². The Morgan fingerprint density at radius 3 is 2.24 bits per heavy atom. The van der Waals surface area contributed by atoms with E-state index in [1.54, 1.807) is 0 Å². The minimum absolute atomic E-state index is 0.0160. The van der Waals surface area contributed by atoms with Gasteiger partial charge in [0.2, 0.25) is 0 Å². The van der Waals surface area contributed by atoms with Crippen LogP contribution in [0, 0.1) is 0 Å². The molecule has 3 aromatic rings. The van der Waals surface area contributed by atoms with Crippen LogP contribution in [0.15, 0.2) is 77.8 Å². The standard InChI is InChI=1S/C26H25ClN2/c1-2-19-15-22(27)16-24-23(19)17-29-18-26(14-13-25(29)28-24,20-9-5-3-6-10-20)21-11-7-4-8-12-21/h3-12,15-16H,2,13-14,17-18H2,1H3. The molecular weight excluding hydrogens is 376 g/mol. The number of nitrogens with zero attached hydrogens (tertiary/aromatic N) is 2. The Morgan fingerprint density at radius 1 is 0.966 bits per heavy atom. The summed E-state index contributed by atoms with van der Waals surface area (Å²) in [5, 5.41) is 0.789. The maximum absolute atomic E-state index is 6.36. The van der Waals surface area contributed by atoms with Crippen molar-refractivity contribution in [2.45, 2.75) is 38.1 Å². The van der Waals surface area contributed by atoms with Gasteiger partial charge in [0, 0.05) is 35.5 Å². The molecular formula is C26H25ClN2. The van der Waals surface area contributed by atoms with Crippen molar-refractivity contribution in [3.63, 3.8) is 0 Å². The van der Waals surface area contributed by atoms with Gasteiger partial charge in [0.05, 0.1) is 5.69 Å². The highest BCUT2D eigenvalue weighted by atomic mass is 35.5. The highest BCUT2D eigenvalue weighted by Gasteiger charge is 2.41. The van der Waals surface area contributed by atoms with E-state index in [1.165, 1.54) is 28.1 Å². The molecule has 2 aliphatic rings. The van der Waals surface area contributed by atoms with Crippen LogP contribution >= 0.6 is 11.6 Å². The number of rotatable bonds is 3. The summed E-state index contributed by atoms with van der Waals surface area (Å²) in [6, 6.07) is 26.1. The molecule has 2 aliphatic heterocycles. The van der Waals surface area contributed by atoms with Crippen molar-refractivity contribution < 1.29 is 0 Å². The fraction of sp³-hybridized carbons (Fsp3) is 0.269. The first-order valence-electron chi connectivity index (χ1n) is 10.4. The predicted octanol–water partition coefficient (Wildman–Crippen LogP) is 6.53. The zero-order chi connectivity index (χ0) is 19.8. The SMILES string of the molecule is CCc1cc(Cl)cc2c1CN1CC(c3ccccc3)(c3ccccc3)CCC1=N2. The molecule has 146 valence electrons. The molecule has 2 heterocycles. The van der Waals surface area contributed by atoms with Crippen LogP contribution in [-0.2, 0) is 18.4 Å². The second-order valence-electron chi connectivity index (χ2n) is 8.11. The molecule has 0 aliphatic carbocycles. The molecule has 0 bridgehead atoms. The maximum atomic E-state index is 6.36. The molecule has 0 unspecified atom stereocenters. The molecule has 0 amide bonds. The van der Waals surface area contributed by atoms with E-state index in [-0.39, 0.29) is 5.41 Å². The lowest BCUT2D eigenvalue weighted by Gasteiger charge is -2.46. The Labute approximate surface area is 177 Å². The van der Waals surface area contributed by atoms with E-state index in [2.05, 4.69) is 78.6 Å². The number of aryl methyl sites for hydroxylation is 1. The summed E-state index contributed by atoms with van der Waals surface area (Å²) in [6.45, 7) is 4.06. The summed E-state index contributed by atoms with van der Waals surface area (Å²) in [6.07, 6.45) is 3.01. The number of benzene rings is 3. The Kier molecular flexibility index (Phi) is 4.67. The van der Waals surface area contributed by atoms with Gasteiger partial charge < -0.3 is 4.90 Å². The number of aliphatic imine (C=N–C) groups is 1. The van der Waals surface area contributed by atoms with Crippen LogP contribution in [0.1, 0.15) is 42.0 Å². The monoisotopic (exact) mass is 400 g/mol. The predicted molar refractivity (Wildman–Crippen MR) is 121 cm³/mol. The van der Waals surface area contributed by atoms with Gasteiger partial charge in [-0.15, -0.1) is 0 Å². The normalized spacial score (nSPS) is 17.3. The van der Waals surface area contributed by atoms with E-state index in [4.69, 9.17) is 16.6 Å².